The molecule has 0 heterocycles. The second-order valence-electron chi connectivity index (χ2n) is 5.29. The van der Waals surface area contributed by atoms with Gasteiger partial charge in [-0.05, 0) is 31.8 Å². The van der Waals surface area contributed by atoms with Crippen LogP contribution in [-0.2, 0) is 0 Å². The first-order valence-electron chi connectivity index (χ1n) is 5.76. The van der Waals surface area contributed by atoms with E-state index in [9.17, 15) is 0 Å². The van der Waals surface area contributed by atoms with Crippen molar-refractivity contribution in [3.63, 3.8) is 0 Å². The molecular formula is C12H28N2. The average molecular weight is 200 g/mol. The Hall–Kier alpha value is -0.0800. The number of rotatable bonds is 7. The van der Waals surface area contributed by atoms with E-state index in [1.54, 1.807) is 0 Å². The summed E-state index contributed by atoms with van der Waals surface area (Å²) in [7, 11) is 4.26. The quantitative estimate of drug-likeness (QED) is 0.678. The molecular weight excluding hydrogens is 172 g/mol. The van der Waals surface area contributed by atoms with Crippen LogP contribution in [0.5, 0.6) is 0 Å². The first-order valence-corrected chi connectivity index (χ1v) is 5.76. The molecule has 0 aromatic rings. The summed E-state index contributed by atoms with van der Waals surface area (Å²) in [5.41, 5.74) is 0.415. The molecule has 0 spiro atoms. The molecule has 0 aliphatic carbocycles. The summed E-state index contributed by atoms with van der Waals surface area (Å²) in [5.74, 6) is 0.760. The van der Waals surface area contributed by atoms with Crippen molar-refractivity contribution in [2.24, 2.45) is 11.3 Å². The molecule has 0 aromatic heterocycles. The molecule has 14 heavy (non-hydrogen) atoms. The van der Waals surface area contributed by atoms with Gasteiger partial charge in [0.15, 0.2) is 0 Å². The van der Waals surface area contributed by atoms with Crippen LogP contribution in [0, 0.1) is 11.3 Å². The van der Waals surface area contributed by atoms with Gasteiger partial charge in [-0.15, -0.1) is 0 Å². The molecule has 1 N–H and O–H groups in total. The molecule has 0 aliphatic heterocycles. The zero-order chi connectivity index (χ0) is 11.2. The molecule has 1 unspecified atom stereocenters. The van der Waals surface area contributed by atoms with E-state index in [1.165, 1.54) is 19.5 Å². The minimum absolute atomic E-state index is 0.415. The number of hydrogen-bond acceptors (Lipinski definition) is 2. The molecule has 0 aromatic carbocycles. The van der Waals surface area contributed by atoms with E-state index in [0.717, 1.165) is 12.5 Å². The maximum Gasteiger partial charge on any atom is 0.00444 e. The van der Waals surface area contributed by atoms with Gasteiger partial charge >= 0.3 is 0 Å². The Labute approximate surface area is 90.1 Å². The van der Waals surface area contributed by atoms with Crippen LogP contribution in [0.1, 0.15) is 34.1 Å². The van der Waals surface area contributed by atoms with E-state index in [-0.39, 0.29) is 0 Å². The molecule has 0 radical (unpaired) electrons. The molecule has 0 saturated heterocycles. The highest BCUT2D eigenvalue weighted by atomic mass is 15.1. The Morgan fingerprint density at radius 3 is 2.29 bits per heavy atom. The molecule has 1 atom stereocenters. The summed E-state index contributed by atoms with van der Waals surface area (Å²) in [6.07, 6.45) is 1.23. The van der Waals surface area contributed by atoms with Crippen molar-refractivity contribution in [2.45, 2.75) is 34.1 Å². The predicted octanol–water partition coefficient (Wildman–Crippen LogP) is 2.21. The van der Waals surface area contributed by atoms with E-state index in [4.69, 9.17) is 0 Å². The Bertz CT molecular complexity index is 145. The zero-order valence-corrected chi connectivity index (χ0v) is 10.9. The Morgan fingerprint density at radius 2 is 1.93 bits per heavy atom. The van der Waals surface area contributed by atoms with E-state index < -0.39 is 0 Å². The summed E-state index contributed by atoms with van der Waals surface area (Å²) in [4.78, 5) is 2.45. The van der Waals surface area contributed by atoms with Crippen molar-refractivity contribution >= 4 is 0 Å². The lowest BCUT2D eigenvalue weighted by Gasteiger charge is -2.33. The van der Waals surface area contributed by atoms with Crippen LogP contribution in [0.3, 0.4) is 0 Å². The second-order valence-corrected chi connectivity index (χ2v) is 5.29. The largest absolute Gasteiger partial charge is 0.319 e. The maximum atomic E-state index is 3.29. The van der Waals surface area contributed by atoms with Gasteiger partial charge in [0.05, 0.1) is 0 Å². The SMILES string of the molecule is CCC(C)(CNC)CN(C)CC(C)C. The van der Waals surface area contributed by atoms with Crippen LogP contribution in [0.4, 0.5) is 0 Å². The monoisotopic (exact) mass is 200 g/mol. The van der Waals surface area contributed by atoms with Crippen LogP contribution in [0.15, 0.2) is 0 Å². The molecule has 2 nitrogen and oxygen atoms in total. The van der Waals surface area contributed by atoms with Gasteiger partial charge in [0.2, 0.25) is 0 Å². The minimum Gasteiger partial charge on any atom is -0.319 e. The van der Waals surface area contributed by atoms with Gasteiger partial charge in [-0.3, -0.25) is 0 Å². The number of nitrogens with one attached hydrogen (secondary N) is 1. The second kappa shape index (κ2) is 6.41. The predicted molar refractivity (Wildman–Crippen MR) is 64.7 cm³/mol. The first kappa shape index (κ1) is 13.9. The fourth-order valence-corrected chi connectivity index (χ4v) is 2.06. The highest BCUT2D eigenvalue weighted by Gasteiger charge is 2.23. The van der Waals surface area contributed by atoms with Gasteiger partial charge in [-0.25, -0.2) is 0 Å². The smallest absolute Gasteiger partial charge is 0.00444 e. The van der Waals surface area contributed by atoms with Crippen molar-refractivity contribution < 1.29 is 0 Å². The molecule has 0 saturated carbocycles. The van der Waals surface area contributed by atoms with Gasteiger partial charge in [0, 0.05) is 19.6 Å². The van der Waals surface area contributed by atoms with Gasteiger partial charge in [0.25, 0.3) is 0 Å². The molecule has 0 amide bonds. The van der Waals surface area contributed by atoms with E-state index >= 15 is 0 Å². The molecule has 0 bridgehead atoms. The summed E-state index contributed by atoms with van der Waals surface area (Å²) >= 11 is 0. The van der Waals surface area contributed by atoms with Crippen LogP contribution in [0.2, 0.25) is 0 Å². The lowest BCUT2D eigenvalue weighted by Crippen LogP contribution is -2.40. The van der Waals surface area contributed by atoms with Crippen LogP contribution >= 0.6 is 0 Å². The highest BCUT2D eigenvalue weighted by Crippen LogP contribution is 2.21. The third-order valence-corrected chi connectivity index (χ3v) is 2.79. The first-order chi connectivity index (χ1) is 6.43. The summed E-state index contributed by atoms with van der Waals surface area (Å²) in [6.45, 7) is 12.7. The number of nitrogens with zero attached hydrogens (tertiary/aromatic N) is 1. The van der Waals surface area contributed by atoms with Crippen LogP contribution in [-0.4, -0.2) is 38.6 Å². The molecule has 2 heteroatoms. The summed E-state index contributed by atoms with van der Waals surface area (Å²) in [5, 5.41) is 3.29. The Balaban J connectivity index is 4.02. The fourth-order valence-electron chi connectivity index (χ4n) is 2.06. The fraction of sp³-hybridized carbons (Fsp3) is 1.00. The molecule has 0 fully saturated rings. The Morgan fingerprint density at radius 1 is 1.36 bits per heavy atom. The number of hydrogen-bond donors (Lipinski definition) is 1. The lowest BCUT2D eigenvalue weighted by molar-refractivity contribution is 0.171. The summed E-state index contributed by atoms with van der Waals surface area (Å²) < 4.78 is 0. The van der Waals surface area contributed by atoms with Gasteiger partial charge < -0.3 is 10.2 Å². The maximum absolute atomic E-state index is 3.29. The molecule has 0 aliphatic rings. The van der Waals surface area contributed by atoms with E-state index in [0.29, 0.717) is 5.41 Å². The normalized spacial score (nSPS) is 16.3. The zero-order valence-electron chi connectivity index (χ0n) is 10.9. The minimum atomic E-state index is 0.415. The standard InChI is InChI=1S/C12H28N2/c1-7-12(4,9-13-5)10-14(6)8-11(2)3/h11,13H,7-10H2,1-6H3. The average Bonchev–Trinajstić information content (AvgIpc) is 2.02. The van der Waals surface area contributed by atoms with Crippen molar-refractivity contribution in [3.05, 3.63) is 0 Å². The third-order valence-electron chi connectivity index (χ3n) is 2.79. The van der Waals surface area contributed by atoms with Gasteiger partial charge in [0.1, 0.15) is 0 Å². The van der Waals surface area contributed by atoms with Crippen molar-refractivity contribution in [3.8, 4) is 0 Å². The van der Waals surface area contributed by atoms with Gasteiger partial charge in [-0.1, -0.05) is 27.7 Å². The van der Waals surface area contributed by atoms with E-state index in [2.05, 4.69) is 45.0 Å². The Kier molecular flexibility index (Phi) is 6.38. The van der Waals surface area contributed by atoms with Crippen LogP contribution < -0.4 is 5.32 Å². The molecule has 86 valence electrons. The van der Waals surface area contributed by atoms with E-state index in [1.807, 2.05) is 7.05 Å². The van der Waals surface area contributed by atoms with Crippen molar-refractivity contribution in [1.82, 2.24) is 10.2 Å². The third kappa shape index (κ3) is 5.61. The van der Waals surface area contributed by atoms with Crippen molar-refractivity contribution in [1.29, 1.82) is 0 Å². The molecule has 0 rings (SSSR count). The lowest BCUT2D eigenvalue weighted by atomic mass is 9.87. The highest BCUT2D eigenvalue weighted by molar-refractivity contribution is 4.78. The summed E-state index contributed by atoms with van der Waals surface area (Å²) in [6, 6.07) is 0. The van der Waals surface area contributed by atoms with Crippen molar-refractivity contribution in [2.75, 3.05) is 33.7 Å². The van der Waals surface area contributed by atoms with Crippen LogP contribution in [0.25, 0.3) is 0 Å². The topological polar surface area (TPSA) is 15.3 Å². The van der Waals surface area contributed by atoms with Gasteiger partial charge in [-0.2, -0.15) is 0 Å².